The van der Waals surface area contributed by atoms with Crippen molar-refractivity contribution < 1.29 is 33.0 Å². The molecule has 4 atom stereocenters. The zero-order valence-electron chi connectivity index (χ0n) is 24.1. The molecular formula is C30H44FNO6. The van der Waals surface area contributed by atoms with Gasteiger partial charge in [0.2, 0.25) is 0 Å². The van der Waals surface area contributed by atoms with Crippen molar-refractivity contribution >= 4 is 17.8 Å². The average Bonchev–Trinajstić information content (AvgIpc) is 3.43. The molecule has 7 nitrogen and oxygen atoms in total. The monoisotopic (exact) mass is 533 g/mol. The number of ether oxygens (including phenoxy) is 3. The number of rotatable bonds is 9. The van der Waals surface area contributed by atoms with Crippen molar-refractivity contribution in [2.24, 2.45) is 17.3 Å². The van der Waals surface area contributed by atoms with Gasteiger partial charge in [0.15, 0.2) is 0 Å². The van der Waals surface area contributed by atoms with E-state index in [0.29, 0.717) is 12.1 Å². The summed E-state index contributed by atoms with van der Waals surface area (Å²) in [5, 5.41) is 0. The number of nitrogens with zero attached hydrogens (tertiary/aromatic N) is 1. The van der Waals surface area contributed by atoms with Gasteiger partial charge >= 0.3 is 12.1 Å². The Labute approximate surface area is 226 Å². The maximum Gasteiger partial charge on any atom is 0.410 e. The molecule has 0 unspecified atom stereocenters. The van der Waals surface area contributed by atoms with Gasteiger partial charge in [0.05, 0.1) is 18.1 Å². The van der Waals surface area contributed by atoms with Crippen LogP contribution in [0.2, 0.25) is 0 Å². The number of halogens is 1. The second kappa shape index (κ2) is 11.3. The zero-order chi connectivity index (χ0) is 28.5. The van der Waals surface area contributed by atoms with Gasteiger partial charge in [0.25, 0.3) is 0 Å². The van der Waals surface area contributed by atoms with E-state index in [9.17, 15) is 18.8 Å². The van der Waals surface area contributed by atoms with E-state index in [1.807, 2.05) is 20.8 Å². The molecule has 2 fully saturated rings. The number of carbonyl (C=O) groups excluding carboxylic acids is 3. The molecule has 0 radical (unpaired) electrons. The number of likely N-dealkylation sites (tertiary alicyclic amines) is 1. The van der Waals surface area contributed by atoms with Gasteiger partial charge in [-0.1, -0.05) is 25.1 Å². The molecule has 3 rings (SSSR count). The lowest BCUT2D eigenvalue weighted by Crippen LogP contribution is -2.49. The Morgan fingerprint density at radius 1 is 1.05 bits per heavy atom. The van der Waals surface area contributed by atoms with E-state index < -0.39 is 47.0 Å². The predicted octanol–water partition coefficient (Wildman–Crippen LogP) is 5.73. The summed E-state index contributed by atoms with van der Waals surface area (Å²) in [7, 11) is 1.55. The quantitative estimate of drug-likeness (QED) is 0.377. The molecule has 38 heavy (non-hydrogen) atoms. The SMILES string of the molecule is CO[C@H]([C@@H](C)C(=O)C[C@@H](Cc1ccccc1F)C(=O)OC(C)(C)C)[C@@H]1CC2(CC2)CN1C(=O)OC(C)(C)C. The first kappa shape index (κ1) is 30.1. The summed E-state index contributed by atoms with van der Waals surface area (Å²) in [6.07, 6.45) is 1.77. The molecule has 0 bridgehead atoms. The Bertz CT molecular complexity index is 1020. The van der Waals surface area contributed by atoms with E-state index in [4.69, 9.17) is 14.2 Å². The maximum atomic E-state index is 14.4. The summed E-state index contributed by atoms with van der Waals surface area (Å²) in [4.78, 5) is 41.5. The predicted molar refractivity (Wildman–Crippen MR) is 142 cm³/mol. The number of Topliss-reactive ketones (excluding diaryl/α,β-unsaturated/α-hetero) is 1. The Hall–Kier alpha value is -2.48. The summed E-state index contributed by atoms with van der Waals surface area (Å²) in [5.41, 5.74) is -0.969. The van der Waals surface area contributed by atoms with Crippen LogP contribution >= 0.6 is 0 Å². The lowest BCUT2D eigenvalue weighted by atomic mass is 9.84. The Balaban J connectivity index is 1.80. The topological polar surface area (TPSA) is 82.1 Å². The van der Waals surface area contributed by atoms with Crippen LogP contribution < -0.4 is 0 Å². The van der Waals surface area contributed by atoms with Gasteiger partial charge in [-0.25, -0.2) is 9.18 Å². The van der Waals surface area contributed by atoms with Gasteiger partial charge in [-0.05, 0) is 84.3 Å². The molecule has 8 heteroatoms. The first-order valence-corrected chi connectivity index (χ1v) is 13.6. The van der Waals surface area contributed by atoms with Gasteiger partial charge < -0.3 is 19.1 Å². The van der Waals surface area contributed by atoms with E-state index in [0.717, 1.165) is 19.3 Å². The largest absolute Gasteiger partial charge is 0.460 e. The normalized spacial score (nSPS) is 21.1. The van der Waals surface area contributed by atoms with E-state index in [1.165, 1.54) is 6.07 Å². The molecule has 1 amide bonds. The number of carbonyl (C=O) groups is 3. The van der Waals surface area contributed by atoms with Crippen molar-refractivity contribution in [2.45, 2.75) is 104 Å². The smallest absolute Gasteiger partial charge is 0.410 e. The maximum absolute atomic E-state index is 14.4. The van der Waals surface area contributed by atoms with Crippen molar-refractivity contribution in [3.8, 4) is 0 Å². The molecule has 1 aliphatic heterocycles. The molecule has 1 spiro atoms. The van der Waals surface area contributed by atoms with Crippen LogP contribution in [-0.4, -0.2) is 59.7 Å². The minimum absolute atomic E-state index is 0.0499. The lowest BCUT2D eigenvalue weighted by Gasteiger charge is -2.35. The third-order valence-corrected chi connectivity index (χ3v) is 7.40. The molecule has 1 aromatic carbocycles. The van der Waals surface area contributed by atoms with Crippen LogP contribution in [0.1, 0.15) is 79.7 Å². The van der Waals surface area contributed by atoms with Crippen LogP contribution in [0.4, 0.5) is 9.18 Å². The Morgan fingerprint density at radius 3 is 2.18 bits per heavy atom. The molecule has 1 saturated heterocycles. The van der Waals surface area contributed by atoms with Crippen LogP contribution in [0.5, 0.6) is 0 Å². The highest BCUT2D eigenvalue weighted by atomic mass is 19.1. The summed E-state index contributed by atoms with van der Waals surface area (Å²) < 4.78 is 31.6. The van der Waals surface area contributed by atoms with E-state index in [2.05, 4.69) is 0 Å². The lowest BCUT2D eigenvalue weighted by molar-refractivity contribution is -0.161. The van der Waals surface area contributed by atoms with Gasteiger partial charge in [0.1, 0.15) is 22.8 Å². The Kier molecular flexibility index (Phi) is 8.96. The molecule has 1 aliphatic carbocycles. The molecule has 212 valence electrons. The molecule has 1 saturated carbocycles. The van der Waals surface area contributed by atoms with Crippen LogP contribution in [0, 0.1) is 23.1 Å². The first-order chi connectivity index (χ1) is 17.5. The van der Waals surface area contributed by atoms with Crippen LogP contribution in [0.3, 0.4) is 0 Å². The van der Waals surface area contributed by atoms with Crippen molar-refractivity contribution in [3.05, 3.63) is 35.6 Å². The molecule has 1 aromatic rings. The number of hydrogen-bond acceptors (Lipinski definition) is 6. The van der Waals surface area contributed by atoms with Gasteiger partial charge in [-0.3, -0.25) is 9.59 Å². The molecule has 2 aliphatic rings. The fourth-order valence-corrected chi connectivity index (χ4v) is 5.31. The molecule has 1 heterocycles. The molecule has 0 aromatic heterocycles. The Morgan fingerprint density at radius 2 is 1.66 bits per heavy atom. The van der Waals surface area contributed by atoms with E-state index >= 15 is 0 Å². The number of hydrogen-bond donors (Lipinski definition) is 0. The van der Waals surface area contributed by atoms with Crippen molar-refractivity contribution in [2.75, 3.05) is 13.7 Å². The highest BCUT2D eigenvalue weighted by Gasteiger charge is 2.56. The minimum Gasteiger partial charge on any atom is -0.460 e. The summed E-state index contributed by atoms with van der Waals surface area (Å²) >= 11 is 0. The minimum atomic E-state index is -0.848. The number of methoxy groups -OCH3 is 1. The van der Waals surface area contributed by atoms with Gasteiger partial charge in [-0.15, -0.1) is 0 Å². The van der Waals surface area contributed by atoms with Crippen molar-refractivity contribution in [1.29, 1.82) is 0 Å². The van der Waals surface area contributed by atoms with Crippen LogP contribution in [0.15, 0.2) is 24.3 Å². The van der Waals surface area contributed by atoms with Crippen molar-refractivity contribution in [1.82, 2.24) is 4.90 Å². The summed E-state index contributed by atoms with van der Waals surface area (Å²) in [5.74, 6) is -2.60. The number of ketones is 1. The number of benzene rings is 1. The molecule has 0 N–H and O–H groups in total. The van der Waals surface area contributed by atoms with Crippen molar-refractivity contribution in [3.63, 3.8) is 0 Å². The van der Waals surface area contributed by atoms with E-state index in [1.54, 1.807) is 57.9 Å². The fourth-order valence-electron chi connectivity index (χ4n) is 5.31. The average molecular weight is 534 g/mol. The van der Waals surface area contributed by atoms with Crippen LogP contribution in [-0.2, 0) is 30.2 Å². The standard InChI is InChI=1S/C30H44FNO6/c1-19(25(36-8)23-17-30(13-14-30)18-32(23)27(35)38-29(5,6)7)24(33)16-21(26(34)37-28(2,3)4)15-20-11-9-10-12-22(20)31/h9-12,19,21,23,25H,13-18H2,1-8H3/t19-,21+,23-,25+/m0/s1. The summed E-state index contributed by atoms with van der Waals surface area (Å²) in [6.45, 7) is 13.1. The number of esters is 1. The molecular weight excluding hydrogens is 489 g/mol. The highest BCUT2D eigenvalue weighted by molar-refractivity contribution is 5.86. The first-order valence-electron chi connectivity index (χ1n) is 13.6. The van der Waals surface area contributed by atoms with Gasteiger partial charge in [0, 0.05) is 26.0 Å². The highest BCUT2D eigenvalue weighted by Crippen LogP contribution is 2.56. The third kappa shape index (κ3) is 7.78. The second-order valence-corrected chi connectivity index (χ2v) is 13.1. The third-order valence-electron chi connectivity index (χ3n) is 7.40. The number of amides is 1. The fraction of sp³-hybridized carbons (Fsp3) is 0.700. The van der Waals surface area contributed by atoms with E-state index in [-0.39, 0.29) is 30.1 Å². The zero-order valence-corrected chi connectivity index (χ0v) is 24.1. The summed E-state index contributed by atoms with van der Waals surface area (Å²) in [6, 6.07) is 5.93. The van der Waals surface area contributed by atoms with Gasteiger partial charge in [-0.2, -0.15) is 0 Å². The van der Waals surface area contributed by atoms with Crippen LogP contribution in [0.25, 0.3) is 0 Å². The second-order valence-electron chi connectivity index (χ2n) is 13.1.